The molecule has 2 aromatic carbocycles. The van der Waals surface area contributed by atoms with E-state index in [1.54, 1.807) is 19.2 Å². The number of methoxy groups -OCH3 is 1. The van der Waals surface area contributed by atoms with Crippen molar-refractivity contribution in [3.63, 3.8) is 0 Å². The Labute approximate surface area is 110 Å². The lowest BCUT2D eigenvalue weighted by Crippen LogP contribution is -2.20. The van der Waals surface area contributed by atoms with E-state index in [9.17, 15) is 4.79 Å². The normalized spacial score (nSPS) is 17.2. The molecule has 0 radical (unpaired) electrons. The third-order valence-corrected chi connectivity index (χ3v) is 3.50. The second-order valence-corrected chi connectivity index (χ2v) is 4.70. The van der Waals surface area contributed by atoms with Crippen molar-refractivity contribution in [1.82, 2.24) is 0 Å². The van der Waals surface area contributed by atoms with Crippen LogP contribution in [0.5, 0.6) is 0 Å². The molecule has 0 saturated carbocycles. The first-order valence-corrected chi connectivity index (χ1v) is 6.06. The van der Waals surface area contributed by atoms with Crippen molar-refractivity contribution in [2.75, 3.05) is 7.11 Å². The molecule has 1 aliphatic rings. The first kappa shape index (κ1) is 11.5. The van der Waals surface area contributed by atoms with Crippen LogP contribution in [0.1, 0.15) is 33.2 Å². The molecular formula is C15H11ClO2. The molecule has 3 heteroatoms. The molecule has 0 fully saturated rings. The van der Waals surface area contributed by atoms with E-state index in [0.717, 1.165) is 11.1 Å². The monoisotopic (exact) mass is 258 g/mol. The molecule has 0 aliphatic heterocycles. The standard InChI is InChI=1S/C15H11ClO2/c1-18-15-11-5-3-2-4-10(11)14(17)13-8-9(16)6-7-12(13)15/h2-8,15H,1H3. The summed E-state index contributed by atoms with van der Waals surface area (Å²) in [6.07, 6.45) is -0.203. The van der Waals surface area contributed by atoms with E-state index in [4.69, 9.17) is 16.3 Å². The Morgan fingerprint density at radius 2 is 1.78 bits per heavy atom. The number of fused-ring (bicyclic) bond motifs is 2. The zero-order valence-corrected chi connectivity index (χ0v) is 10.6. The lowest BCUT2D eigenvalue weighted by molar-refractivity contribution is 0.0986. The number of ketones is 1. The van der Waals surface area contributed by atoms with Gasteiger partial charge in [-0.15, -0.1) is 0 Å². The lowest BCUT2D eigenvalue weighted by atomic mass is 9.83. The first-order chi connectivity index (χ1) is 8.72. The van der Waals surface area contributed by atoms with Crippen LogP contribution in [0, 0.1) is 0 Å². The quantitative estimate of drug-likeness (QED) is 0.781. The minimum absolute atomic E-state index is 0.0106. The van der Waals surface area contributed by atoms with Gasteiger partial charge in [0, 0.05) is 23.3 Å². The Balaban J connectivity index is 2.29. The molecule has 0 heterocycles. The first-order valence-electron chi connectivity index (χ1n) is 5.68. The summed E-state index contributed by atoms with van der Waals surface area (Å²) in [6.45, 7) is 0. The van der Waals surface area contributed by atoms with Crippen LogP contribution in [0.2, 0.25) is 5.02 Å². The average molecular weight is 259 g/mol. The average Bonchev–Trinajstić information content (AvgIpc) is 2.40. The van der Waals surface area contributed by atoms with Gasteiger partial charge in [-0.2, -0.15) is 0 Å². The Morgan fingerprint density at radius 1 is 1.06 bits per heavy atom. The highest BCUT2D eigenvalue weighted by Gasteiger charge is 2.30. The summed E-state index contributed by atoms with van der Waals surface area (Å²) in [5.74, 6) is 0.0106. The Hall–Kier alpha value is -1.64. The van der Waals surface area contributed by atoms with Crippen LogP contribution in [-0.4, -0.2) is 12.9 Å². The SMILES string of the molecule is COC1c2ccccc2C(=O)c2cc(Cl)ccc21. The fourth-order valence-electron chi connectivity index (χ4n) is 2.45. The van der Waals surface area contributed by atoms with Crippen molar-refractivity contribution >= 4 is 17.4 Å². The largest absolute Gasteiger partial charge is 0.372 e. The van der Waals surface area contributed by atoms with E-state index in [-0.39, 0.29) is 11.9 Å². The molecule has 1 unspecified atom stereocenters. The fourth-order valence-corrected chi connectivity index (χ4v) is 2.62. The highest BCUT2D eigenvalue weighted by Crippen LogP contribution is 2.37. The molecule has 0 saturated heterocycles. The summed E-state index contributed by atoms with van der Waals surface area (Å²) in [7, 11) is 1.65. The van der Waals surface area contributed by atoms with Crippen molar-refractivity contribution in [3.8, 4) is 0 Å². The summed E-state index contributed by atoms with van der Waals surface area (Å²) < 4.78 is 5.54. The van der Waals surface area contributed by atoms with Crippen LogP contribution < -0.4 is 0 Å². The predicted octanol–water partition coefficient (Wildman–Crippen LogP) is 3.62. The van der Waals surface area contributed by atoms with E-state index in [2.05, 4.69) is 0 Å². The van der Waals surface area contributed by atoms with Crippen LogP contribution >= 0.6 is 11.6 Å². The maximum absolute atomic E-state index is 12.4. The Bertz CT molecular complexity index is 634. The second-order valence-electron chi connectivity index (χ2n) is 4.26. The smallest absolute Gasteiger partial charge is 0.193 e. The van der Waals surface area contributed by atoms with Crippen LogP contribution in [0.25, 0.3) is 0 Å². The van der Waals surface area contributed by atoms with Gasteiger partial charge in [0.15, 0.2) is 5.78 Å². The molecular weight excluding hydrogens is 248 g/mol. The van der Waals surface area contributed by atoms with Crippen molar-refractivity contribution < 1.29 is 9.53 Å². The number of halogens is 1. The Morgan fingerprint density at radius 3 is 2.56 bits per heavy atom. The summed E-state index contributed by atoms with van der Waals surface area (Å²) in [6, 6.07) is 12.9. The molecule has 1 atom stereocenters. The summed E-state index contributed by atoms with van der Waals surface area (Å²) >= 11 is 5.97. The molecule has 18 heavy (non-hydrogen) atoms. The summed E-state index contributed by atoms with van der Waals surface area (Å²) in [5, 5.41) is 0.566. The van der Waals surface area contributed by atoms with E-state index in [1.165, 1.54) is 0 Å². The molecule has 3 rings (SSSR count). The molecule has 1 aliphatic carbocycles. The van der Waals surface area contributed by atoms with E-state index >= 15 is 0 Å². The maximum Gasteiger partial charge on any atom is 0.193 e. The third-order valence-electron chi connectivity index (χ3n) is 3.27. The zero-order chi connectivity index (χ0) is 12.7. The zero-order valence-electron chi connectivity index (χ0n) is 9.81. The van der Waals surface area contributed by atoms with Gasteiger partial charge in [-0.3, -0.25) is 4.79 Å². The molecule has 0 N–H and O–H groups in total. The molecule has 2 nitrogen and oxygen atoms in total. The number of hydrogen-bond donors (Lipinski definition) is 0. The molecule has 0 bridgehead atoms. The van der Waals surface area contributed by atoms with Crippen LogP contribution in [0.4, 0.5) is 0 Å². The number of carbonyl (C=O) groups is 1. The number of ether oxygens (including phenoxy) is 1. The maximum atomic E-state index is 12.4. The number of benzene rings is 2. The van der Waals surface area contributed by atoms with Crippen LogP contribution in [-0.2, 0) is 4.74 Å². The van der Waals surface area contributed by atoms with Gasteiger partial charge >= 0.3 is 0 Å². The van der Waals surface area contributed by atoms with Crippen LogP contribution in [0.15, 0.2) is 42.5 Å². The molecule has 0 spiro atoms. The summed E-state index contributed by atoms with van der Waals surface area (Å²) in [4.78, 5) is 12.4. The predicted molar refractivity (Wildman–Crippen MR) is 70.2 cm³/mol. The van der Waals surface area contributed by atoms with Gasteiger partial charge in [-0.1, -0.05) is 41.9 Å². The van der Waals surface area contributed by atoms with Gasteiger partial charge in [0.2, 0.25) is 0 Å². The molecule has 2 aromatic rings. The van der Waals surface area contributed by atoms with Gasteiger partial charge in [0.25, 0.3) is 0 Å². The number of hydrogen-bond acceptors (Lipinski definition) is 2. The van der Waals surface area contributed by atoms with Crippen molar-refractivity contribution in [2.45, 2.75) is 6.10 Å². The van der Waals surface area contributed by atoms with Crippen molar-refractivity contribution in [2.24, 2.45) is 0 Å². The third kappa shape index (κ3) is 1.57. The van der Waals surface area contributed by atoms with Crippen molar-refractivity contribution in [1.29, 1.82) is 0 Å². The van der Waals surface area contributed by atoms with Gasteiger partial charge in [-0.25, -0.2) is 0 Å². The topological polar surface area (TPSA) is 26.3 Å². The fraction of sp³-hybridized carbons (Fsp3) is 0.133. The second kappa shape index (κ2) is 4.23. The minimum atomic E-state index is -0.203. The highest BCUT2D eigenvalue weighted by molar-refractivity contribution is 6.31. The Kier molecular flexibility index (Phi) is 2.69. The highest BCUT2D eigenvalue weighted by atomic mass is 35.5. The number of carbonyl (C=O) groups excluding carboxylic acids is 1. The van der Waals surface area contributed by atoms with Gasteiger partial charge in [0.05, 0.1) is 0 Å². The minimum Gasteiger partial charge on any atom is -0.372 e. The molecule has 0 amide bonds. The molecule has 0 aromatic heterocycles. The molecule has 90 valence electrons. The van der Waals surface area contributed by atoms with Crippen LogP contribution in [0.3, 0.4) is 0 Å². The van der Waals surface area contributed by atoms with E-state index < -0.39 is 0 Å². The lowest BCUT2D eigenvalue weighted by Gasteiger charge is -2.26. The van der Waals surface area contributed by atoms with Gasteiger partial charge in [-0.05, 0) is 23.3 Å². The summed E-state index contributed by atoms with van der Waals surface area (Å²) in [5.41, 5.74) is 3.12. The van der Waals surface area contributed by atoms with E-state index in [1.807, 2.05) is 30.3 Å². The van der Waals surface area contributed by atoms with E-state index in [0.29, 0.717) is 16.1 Å². The van der Waals surface area contributed by atoms with Crippen molar-refractivity contribution in [3.05, 3.63) is 69.7 Å². The van der Waals surface area contributed by atoms with Gasteiger partial charge in [0.1, 0.15) is 6.10 Å². The van der Waals surface area contributed by atoms with Gasteiger partial charge < -0.3 is 4.74 Å². The number of rotatable bonds is 1.